The highest BCUT2D eigenvalue weighted by Crippen LogP contribution is 2.18. The van der Waals surface area contributed by atoms with Gasteiger partial charge in [0.05, 0.1) is 13.2 Å². The summed E-state index contributed by atoms with van der Waals surface area (Å²) in [7, 11) is 0. The number of ketones is 1. The Morgan fingerprint density at radius 1 is 1.16 bits per heavy atom. The van der Waals surface area contributed by atoms with Crippen molar-refractivity contribution in [2.24, 2.45) is 0 Å². The molecule has 0 aromatic carbocycles. The topological polar surface area (TPSA) is 168 Å². The first-order valence-electron chi connectivity index (χ1n) is 5.65. The third-order valence-corrected chi connectivity index (χ3v) is 2.98. The number of aliphatic hydroxyl groups excluding tert-OH is 7. The fraction of sp³-hybridized carbons (Fsp3) is 0.900. The van der Waals surface area contributed by atoms with Crippen LogP contribution in [0.1, 0.15) is 0 Å². The van der Waals surface area contributed by atoms with Crippen LogP contribution in [0.5, 0.6) is 0 Å². The Kier molecular flexibility index (Phi) is 5.77. The molecule has 1 unspecified atom stereocenters. The van der Waals surface area contributed by atoms with Crippen molar-refractivity contribution in [1.82, 2.24) is 0 Å². The maximum atomic E-state index is 11.7. The molecule has 9 nitrogen and oxygen atoms in total. The molecule has 1 fully saturated rings. The molecule has 1 heterocycles. The van der Waals surface area contributed by atoms with Crippen LogP contribution < -0.4 is 0 Å². The van der Waals surface area contributed by atoms with E-state index < -0.39 is 61.7 Å². The molecule has 19 heavy (non-hydrogen) atoms. The third-order valence-electron chi connectivity index (χ3n) is 2.98. The maximum Gasteiger partial charge on any atom is 0.195 e. The lowest BCUT2D eigenvalue weighted by Gasteiger charge is -2.35. The van der Waals surface area contributed by atoms with Gasteiger partial charge in [0, 0.05) is 0 Å². The molecule has 7 N–H and O–H groups in total. The van der Waals surface area contributed by atoms with Gasteiger partial charge in [-0.25, -0.2) is 0 Å². The minimum atomic E-state index is -2.11. The maximum absolute atomic E-state index is 11.7. The van der Waals surface area contributed by atoms with Crippen molar-refractivity contribution in [3.63, 3.8) is 0 Å². The molecule has 0 bridgehead atoms. The quantitative estimate of drug-likeness (QED) is 0.261. The number of carbonyl (C=O) groups excluding carboxylic acids is 1. The number of hydrogen-bond acceptors (Lipinski definition) is 9. The fourth-order valence-corrected chi connectivity index (χ4v) is 1.71. The van der Waals surface area contributed by atoms with Crippen molar-refractivity contribution in [1.29, 1.82) is 0 Å². The zero-order valence-electron chi connectivity index (χ0n) is 9.90. The molecule has 0 saturated carbocycles. The molecule has 0 spiro atoms. The van der Waals surface area contributed by atoms with Crippen LogP contribution in [0, 0.1) is 0 Å². The smallest absolute Gasteiger partial charge is 0.195 e. The second-order valence-electron chi connectivity index (χ2n) is 4.39. The molecule has 1 rings (SSSR count). The predicted molar refractivity (Wildman–Crippen MR) is 57.9 cm³/mol. The summed E-state index contributed by atoms with van der Waals surface area (Å²) in [6.45, 7) is -1.30. The summed E-state index contributed by atoms with van der Waals surface area (Å²) in [6, 6.07) is 0. The molecule has 9 heteroatoms. The van der Waals surface area contributed by atoms with Crippen LogP contribution in [0.15, 0.2) is 0 Å². The minimum Gasteiger partial charge on any atom is -0.394 e. The molecule has 0 aromatic heterocycles. The van der Waals surface area contributed by atoms with E-state index in [-0.39, 0.29) is 0 Å². The van der Waals surface area contributed by atoms with Crippen LogP contribution >= 0.6 is 0 Å². The van der Waals surface area contributed by atoms with Crippen LogP contribution in [-0.4, -0.2) is 97.5 Å². The number of ether oxygens (including phenoxy) is 1. The standard InChI is InChI=1S/C10H18O9/c11-1-3(12)5(14)7(16)9(18)10-8(17)6(15)4(13)2-19-10/h3-8,10-17H,1-2H2/t3-,4-,5+,6+,7-,8-,10?/m1/s1. The normalized spacial score (nSPS) is 36.6. The summed E-state index contributed by atoms with van der Waals surface area (Å²) in [5, 5.41) is 64.7. The number of rotatable bonds is 5. The lowest BCUT2D eigenvalue weighted by Crippen LogP contribution is -2.59. The molecule has 7 atom stereocenters. The monoisotopic (exact) mass is 282 g/mol. The molecule has 0 amide bonds. The van der Waals surface area contributed by atoms with E-state index in [1.54, 1.807) is 0 Å². The minimum absolute atomic E-state index is 0.431. The van der Waals surface area contributed by atoms with Gasteiger partial charge < -0.3 is 40.5 Å². The first kappa shape index (κ1) is 16.4. The van der Waals surface area contributed by atoms with Gasteiger partial charge in [0.2, 0.25) is 0 Å². The molecule has 0 aromatic rings. The molecule has 0 aliphatic carbocycles. The van der Waals surface area contributed by atoms with E-state index in [0.717, 1.165) is 0 Å². The zero-order valence-corrected chi connectivity index (χ0v) is 9.90. The van der Waals surface area contributed by atoms with E-state index in [1.165, 1.54) is 0 Å². The Morgan fingerprint density at radius 3 is 2.26 bits per heavy atom. The van der Waals surface area contributed by atoms with Gasteiger partial charge in [-0.15, -0.1) is 0 Å². The van der Waals surface area contributed by atoms with Gasteiger partial charge in [-0.3, -0.25) is 4.79 Å². The lowest BCUT2D eigenvalue weighted by atomic mass is 9.92. The second-order valence-corrected chi connectivity index (χ2v) is 4.39. The van der Waals surface area contributed by atoms with E-state index in [0.29, 0.717) is 0 Å². The van der Waals surface area contributed by atoms with Crippen molar-refractivity contribution in [2.45, 2.75) is 42.7 Å². The summed E-state index contributed by atoms with van der Waals surface area (Å²) in [6.07, 6.45) is -12.2. The highest BCUT2D eigenvalue weighted by atomic mass is 16.5. The number of aliphatic hydroxyl groups is 7. The van der Waals surface area contributed by atoms with Crippen molar-refractivity contribution in [2.75, 3.05) is 13.2 Å². The van der Waals surface area contributed by atoms with Gasteiger partial charge in [0.1, 0.15) is 42.7 Å². The summed E-state index contributed by atoms with van der Waals surface area (Å²) in [4.78, 5) is 11.7. The first-order valence-corrected chi connectivity index (χ1v) is 5.65. The summed E-state index contributed by atoms with van der Waals surface area (Å²) >= 11 is 0. The molecular formula is C10H18O9. The zero-order chi connectivity index (χ0) is 14.7. The summed E-state index contributed by atoms with van der Waals surface area (Å²) in [5.41, 5.74) is 0. The highest BCUT2D eigenvalue weighted by molar-refractivity contribution is 5.88. The molecule has 1 saturated heterocycles. The van der Waals surface area contributed by atoms with Crippen molar-refractivity contribution in [3.8, 4) is 0 Å². The average Bonchev–Trinajstić information content (AvgIpc) is 2.41. The fourth-order valence-electron chi connectivity index (χ4n) is 1.71. The Labute approximate surface area is 108 Å². The molecular weight excluding hydrogens is 264 g/mol. The Morgan fingerprint density at radius 2 is 1.74 bits per heavy atom. The Balaban J connectivity index is 2.72. The predicted octanol–water partition coefficient (Wildman–Crippen LogP) is -4.89. The third kappa shape index (κ3) is 3.46. The van der Waals surface area contributed by atoms with Crippen molar-refractivity contribution < 1.29 is 45.3 Å². The van der Waals surface area contributed by atoms with Crippen LogP contribution in [0.2, 0.25) is 0 Å². The van der Waals surface area contributed by atoms with Gasteiger partial charge in [-0.2, -0.15) is 0 Å². The van der Waals surface area contributed by atoms with Gasteiger partial charge in [0.15, 0.2) is 5.78 Å². The van der Waals surface area contributed by atoms with Crippen molar-refractivity contribution in [3.05, 3.63) is 0 Å². The number of Topliss-reactive ketones (excluding diaryl/α,β-unsaturated/α-hetero) is 1. The van der Waals surface area contributed by atoms with Crippen LogP contribution in [0.25, 0.3) is 0 Å². The summed E-state index contributed by atoms with van der Waals surface area (Å²) in [5.74, 6) is -1.17. The van der Waals surface area contributed by atoms with Crippen LogP contribution in [0.3, 0.4) is 0 Å². The molecule has 1 aliphatic heterocycles. The summed E-state index contributed by atoms with van der Waals surface area (Å²) < 4.78 is 4.79. The number of hydrogen-bond donors (Lipinski definition) is 7. The highest BCUT2D eigenvalue weighted by Gasteiger charge is 2.45. The van der Waals surface area contributed by atoms with Gasteiger partial charge >= 0.3 is 0 Å². The van der Waals surface area contributed by atoms with Gasteiger partial charge in [-0.05, 0) is 0 Å². The first-order chi connectivity index (χ1) is 8.81. The van der Waals surface area contributed by atoms with E-state index >= 15 is 0 Å². The largest absolute Gasteiger partial charge is 0.394 e. The van der Waals surface area contributed by atoms with E-state index in [4.69, 9.17) is 14.9 Å². The average molecular weight is 282 g/mol. The number of carbonyl (C=O) groups is 1. The SMILES string of the molecule is O=C(C1OC[C@@H](O)[C@H](O)[C@H]1O)[C@H](O)[C@@H](O)[C@H](O)CO. The van der Waals surface area contributed by atoms with Gasteiger partial charge in [0.25, 0.3) is 0 Å². The molecule has 1 aliphatic rings. The van der Waals surface area contributed by atoms with E-state index in [9.17, 15) is 30.3 Å². The van der Waals surface area contributed by atoms with Crippen LogP contribution in [-0.2, 0) is 9.53 Å². The van der Waals surface area contributed by atoms with Crippen molar-refractivity contribution >= 4 is 5.78 Å². The second kappa shape index (κ2) is 6.68. The Hall–Kier alpha value is -0.650. The lowest BCUT2D eigenvalue weighted by molar-refractivity contribution is -0.199. The molecule has 112 valence electrons. The van der Waals surface area contributed by atoms with E-state index in [1.807, 2.05) is 0 Å². The Bertz CT molecular complexity index is 309. The molecule has 0 radical (unpaired) electrons. The van der Waals surface area contributed by atoms with E-state index in [2.05, 4.69) is 0 Å². The van der Waals surface area contributed by atoms with Gasteiger partial charge in [-0.1, -0.05) is 0 Å². The van der Waals surface area contributed by atoms with Crippen LogP contribution in [0.4, 0.5) is 0 Å².